The van der Waals surface area contributed by atoms with E-state index in [0.717, 1.165) is 16.9 Å². The number of nitrogens with one attached hydrogen (secondary N) is 1. The molecule has 2 heterocycles. The molecule has 4 rings (SSSR count). The van der Waals surface area contributed by atoms with E-state index in [1.54, 1.807) is 19.2 Å². The first kappa shape index (κ1) is 20.6. The van der Waals surface area contributed by atoms with E-state index in [4.69, 9.17) is 14.2 Å². The van der Waals surface area contributed by atoms with Crippen LogP contribution in [0.2, 0.25) is 0 Å². The molecule has 1 aliphatic rings. The Hall–Kier alpha value is -3.70. The SMILES string of the molecule is COc1ccc(CNC(=O)CSc2nc(-c3ccc4c(c3)OCO4)ccc2C#N)cc1. The minimum absolute atomic E-state index is 0.139. The Morgan fingerprint density at radius 3 is 2.74 bits per heavy atom. The predicted molar refractivity (Wildman–Crippen MR) is 116 cm³/mol. The fourth-order valence-electron chi connectivity index (χ4n) is 2.98. The summed E-state index contributed by atoms with van der Waals surface area (Å²) < 4.78 is 15.9. The molecule has 0 bridgehead atoms. The van der Waals surface area contributed by atoms with E-state index in [-0.39, 0.29) is 18.5 Å². The number of amides is 1. The predicted octanol–water partition coefficient (Wildman–Crippen LogP) is 3.77. The van der Waals surface area contributed by atoms with Crippen molar-refractivity contribution < 1.29 is 19.0 Å². The number of hydrogen-bond donors (Lipinski definition) is 1. The number of rotatable bonds is 7. The molecule has 1 aromatic heterocycles. The molecule has 156 valence electrons. The van der Waals surface area contributed by atoms with Gasteiger partial charge in [-0.3, -0.25) is 4.79 Å². The van der Waals surface area contributed by atoms with Gasteiger partial charge in [0.25, 0.3) is 0 Å². The van der Waals surface area contributed by atoms with Gasteiger partial charge in [-0.1, -0.05) is 23.9 Å². The van der Waals surface area contributed by atoms with Crippen molar-refractivity contribution in [1.29, 1.82) is 5.26 Å². The van der Waals surface area contributed by atoms with Crippen LogP contribution >= 0.6 is 11.8 Å². The highest BCUT2D eigenvalue weighted by molar-refractivity contribution is 8.00. The number of nitriles is 1. The maximum absolute atomic E-state index is 12.3. The van der Waals surface area contributed by atoms with Gasteiger partial charge in [0.2, 0.25) is 12.7 Å². The van der Waals surface area contributed by atoms with E-state index in [2.05, 4.69) is 16.4 Å². The summed E-state index contributed by atoms with van der Waals surface area (Å²) in [5.41, 5.74) is 2.94. The van der Waals surface area contributed by atoms with Crippen molar-refractivity contribution in [2.24, 2.45) is 0 Å². The lowest BCUT2D eigenvalue weighted by Crippen LogP contribution is -2.24. The second-order valence-electron chi connectivity index (χ2n) is 6.64. The molecule has 0 spiro atoms. The van der Waals surface area contributed by atoms with Crippen LogP contribution in [0.4, 0.5) is 0 Å². The van der Waals surface area contributed by atoms with Crippen LogP contribution < -0.4 is 19.5 Å². The lowest BCUT2D eigenvalue weighted by molar-refractivity contribution is -0.118. The number of carbonyl (C=O) groups is 1. The maximum atomic E-state index is 12.3. The van der Waals surface area contributed by atoms with Crippen molar-refractivity contribution in [3.63, 3.8) is 0 Å². The number of nitrogens with zero attached hydrogens (tertiary/aromatic N) is 2. The van der Waals surface area contributed by atoms with Gasteiger partial charge in [-0.05, 0) is 48.0 Å². The number of ether oxygens (including phenoxy) is 3. The molecular formula is C23H19N3O4S. The lowest BCUT2D eigenvalue weighted by Gasteiger charge is -2.09. The van der Waals surface area contributed by atoms with E-state index in [0.29, 0.717) is 34.3 Å². The second-order valence-corrected chi connectivity index (χ2v) is 7.61. The van der Waals surface area contributed by atoms with Gasteiger partial charge in [0, 0.05) is 12.1 Å². The summed E-state index contributed by atoms with van der Waals surface area (Å²) in [4.78, 5) is 16.9. The third-order valence-corrected chi connectivity index (χ3v) is 5.63. The molecule has 0 unspecified atom stereocenters. The summed E-state index contributed by atoms with van der Waals surface area (Å²) in [5.74, 6) is 2.14. The van der Waals surface area contributed by atoms with E-state index >= 15 is 0 Å². The van der Waals surface area contributed by atoms with Gasteiger partial charge in [0.05, 0.1) is 24.1 Å². The monoisotopic (exact) mass is 433 g/mol. The Balaban J connectivity index is 1.40. The fourth-order valence-corrected chi connectivity index (χ4v) is 3.78. The van der Waals surface area contributed by atoms with Crippen LogP contribution in [0.3, 0.4) is 0 Å². The Labute approximate surface area is 184 Å². The Kier molecular flexibility index (Phi) is 6.24. The van der Waals surface area contributed by atoms with E-state index in [1.807, 2.05) is 42.5 Å². The van der Waals surface area contributed by atoms with Crippen molar-refractivity contribution in [2.75, 3.05) is 19.7 Å². The molecule has 1 aliphatic heterocycles. The third-order valence-electron chi connectivity index (χ3n) is 4.64. The van der Waals surface area contributed by atoms with Crippen molar-refractivity contribution in [3.05, 3.63) is 65.7 Å². The zero-order chi connectivity index (χ0) is 21.6. The molecule has 0 saturated carbocycles. The molecule has 0 saturated heterocycles. The quantitative estimate of drug-likeness (QED) is 0.567. The van der Waals surface area contributed by atoms with Crippen LogP contribution in [0.5, 0.6) is 17.2 Å². The van der Waals surface area contributed by atoms with Crippen LogP contribution in [-0.4, -0.2) is 30.5 Å². The summed E-state index contributed by atoms with van der Waals surface area (Å²) >= 11 is 1.23. The molecule has 7 nitrogen and oxygen atoms in total. The van der Waals surface area contributed by atoms with Gasteiger partial charge in [0.15, 0.2) is 11.5 Å². The Bertz CT molecular complexity index is 1140. The average Bonchev–Trinajstić information content (AvgIpc) is 3.29. The van der Waals surface area contributed by atoms with E-state index in [9.17, 15) is 10.1 Å². The van der Waals surface area contributed by atoms with Gasteiger partial charge >= 0.3 is 0 Å². The standard InChI is InChI=1S/C23H19N3O4S/c1-28-18-6-2-15(3-7-18)12-25-22(27)13-31-23-17(11-24)4-8-19(26-23)16-5-9-20-21(10-16)30-14-29-20/h2-10H,12-14H2,1H3,(H,25,27). The second kappa shape index (κ2) is 9.41. The number of fused-ring (bicyclic) bond motifs is 1. The molecule has 8 heteroatoms. The minimum Gasteiger partial charge on any atom is -0.497 e. The number of carbonyl (C=O) groups excluding carboxylic acids is 1. The minimum atomic E-state index is -0.139. The molecule has 1 amide bonds. The van der Waals surface area contributed by atoms with Crippen molar-refractivity contribution >= 4 is 17.7 Å². The first-order chi connectivity index (χ1) is 15.2. The normalized spacial score (nSPS) is 11.6. The zero-order valence-electron chi connectivity index (χ0n) is 16.8. The summed E-state index contributed by atoms with van der Waals surface area (Å²) in [6.07, 6.45) is 0. The van der Waals surface area contributed by atoms with Crippen molar-refractivity contribution in [1.82, 2.24) is 10.3 Å². The molecule has 3 aromatic rings. The van der Waals surface area contributed by atoms with Crippen molar-refractivity contribution in [3.8, 4) is 34.6 Å². The van der Waals surface area contributed by atoms with Crippen LogP contribution in [-0.2, 0) is 11.3 Å². The van der Waals surface area contributed by atoms with Gasteiger partial charge in [-0.15, -0.1) is 0 Å². The van der Waals surface area contributed by atoms with Crippen LogP contribution in [0.1, 0.15) is 11.1 Å². The number of pyridine rings is 1. The average molecular weight is 433 g/mol. The molecule has 2 aromatic carbocycles. The van der Waals surface area contributed by atoms with Gasteiger partial charge < -0.3 is 19.5 Å². The highest BCUT2D eigenvalue weighted by Gasteiger charge is 2.16. The van der Waals surface area contributed by atoms with E-state index < -0.39 is 0 Å². The number of aromatic nitrogens is 1. The summed E-state index contributed by atoms with van der Waals surface area (Å²) in [6.45, 7) is 0.617. The topological polar surface area (TPSA) is 93.5 Å². The summed E-state index contributed by atoms with van der Waals surface area (Å²) in [5, 5.41) is 12.8. The number of methoxy groups -OCH3 is 1. The molecule has 0 fully saturated rings. The van der Waals surface area contributed by atoms with Crippen LogP contribution in [0, 0.1) is 11.3 Å². The first-order valence-electron chi connectivity index (χ1n) is 9.50. The van der Waals surface area contributed by atoms with Crippen LogP contribution in [0.15, 0.2) is 59.6 Å². The molecule has 0 aliphatic carbocycles. The largest absolute Gasteiger partial charge is 0.497 e. The Morgan fingerprint density at radius 2 is 1.97 bits per heavy atom. The summed E-state index contributed by atoms with van der Waals surface area (Å²) in [7, 11) is 1.61. The van der Waals surface area contributed by atoms with Gasteiger partial charge in [0.1, 0.15) is 16.8 Å². The molecule has 1 N–H and O–H groups in total. The molecule has 0 atom stereocenters. The van der Waals surface area contributed by atoms with Crippen LogP contribution in [0.25, 0.3) is 11.3 Å². The number of benzene rings is 2. The Morgan fingerprint density at radius 1 is 1.16 bits per heavy atom. The number of thioether (sulfide) groups is 1. The molecule has 31 heavy (non-hydrogen) atoms. The van der Waals surface area contributed by atoms with E-state index in [1.165, 1.54) is 11.8 Å². The first-order valence-corrected chi connectivity index (χ1v) is 10.5. The highest BCUT2D eigenvalue weighted by atomic mass is 32.2. The smallest absolute Gasteiger partial charge is 0.231 e. The summed E-state index contributed by atoms with van der Waals surface area (Å²) in [6, 6.07) is 18.7. The van der Waals surface area contributed by atoms with Crippen molar-refractivity contribution in [2.45, 2.75) is 11.6 Å². The molecule has 0 radical (unpaired) electrons. The lowest BCUT2D eigenvalue weighted by atomic mass is 10.1. The maximum Gasteiger partial charge on any atom is 0.231 e. The zero-order valence-corrected chi connectivity index (χ0v) is 17.6. The number of hydrogen-bond acceptors (Lipinski definition) is 7. The third kappa shape index (κ3) is 4.90. The van der Waals surface area contributed by atoms with Gasteiger partial charge in [-0.25, -0.2) is 4.98 Å². The highest BCUT2D eigenvalue weighted by Crippen LogP contribution is 2.36. The van der Waals surface area contributed by atoms with Gasteiger partial charge in [-0.2, -0.15) is 5.26 Å². The molecular weight excluding hydrogens is 414 g/mol. The fraction of sp³-hybridized carbons (Fsp3) is 0.174.